The number of Topliss-reactive ketones (excluding diaryl/α,β-unsaturated/α-hetero) is 1. The number of fused-ring (bicyclic) bond motifs is 1. The Labute approximate surface area is 117 Å². The number of benzene rings is 2. The summed E-state index contributed by atoms with van der Waals surface area (Å²) in [4.78, 5) is 11.5. The number of carbonyl (C=O) groups is 1. The second-order valence-corrected chi connectivity index (χ2v) is 5.08. The zero-order chi connectivity index (χ0) is 14.1. The summed E-state index contributed by atoms with van der Waals surface area (Å²) in [6.07, 6.45) is 3.36. The summed E-state index contributed by atoms with van der Waals surface area (Å²) >= 11 is 0. The molecule has 3 rings (SSSR count). The number of rotatable bonds is 3. The fraction of sp³-hybridized carbons (Fsp3) is 0.235. The average Bonchev–Trinajstić information content (AvgIpc) is 2.88. The molecule has 0 atom stereocenters. The molecule has 3 heteroatoms. The lowest BCUT2D eigenvalue weighted by atomic mass is 10.1. The maximum atomic E-state index is 13.2. The Morgan fingerprint density at radius 3 is 2.70 bits per heavy atom. The van der Waals surface area contributed by atoms with Crippen LogP contribution in [0.3, 0.4) is 0 Å². The molecule has 0 amide bonds. The van der Waals surface area contributed by atoms with Crippen molar-refractivity contribution in [3.8, 4) is 11.5 Å². The number of carbonyl (C=O) groups excluding carboxylic acids is 1. The normalized spacial score (nSPS) is 13.1. The number of ketones is 1. The van der Waals surface area contributed by atoms with Crippen molar-refractivity contribution in [2.75, 3.05) is 0 Å². The minimum atomic E-state index is -0.434. The first-order chi connectivity index (χ1) is 9.63. The highest BCUT2D eigenvalue weighted by molar-refractivity contribution is 5.96. The van der Waals surface area contributed by atoms with Crippen molar-refractivity contribution < 1.29 is 13.9 Å². The van der Waals surface area contributed by atoms with Gasteiger partial charge in [0.05, 0.1) is 5.56 Å². The largest absolute Gasteiger partial charge is 0.457 e. The first kappa shape index (κ1) is 12.9. The highest BCUT2D eigenvalue weighted by Gasteiger charge is 2.14. The summed E-state index contributed by atoms with van der Waals surface area (Å²) in [6, 6.07) is 9.99. The topological polar surface area (TPSA) is 26.3 Å². The molecule has 0 saturated heterocycles. The maximum Gasteiger partial charge on any atom is 0.163 e. The van der Waals surface area contributed by atoms with Crippen LogP contribution < -0.4 is 4.74 Å². The third-order valence-electron chi connectivity index (χ3n) is 3.62. The van der Waals surface area contributed by atoms with Gasteiger partial charge in [0.1, 0.15) is 17.3 Å². The van der Waals surface area contributed by atoms with E-state index in [0.717, 1.165) is 12.8 Å². The smallest absolute Gasteiger partial charge is 0.163 e. The first-order valence-electron chi connectivity index (χ1n) is 6.73. The SMILES string of the molecule is CC(=O)c1cc(F)ccc1Oc1ccc2c(c1)CCC2. The van der Waals surface area contributed by atoms with E-state index in [4.69, 9.17) is 4.74 Å². The van der Waals surface area contributed by atoms with Gasteiger partial charge in [0.25, 0.3) is 0 Å². The van der Waals surface area contributed by atoms with Crippen LogP contribution >= 0.6 is 0 Å². The molecular formula is C17H15FO2. The van der Waals surface area contributed by atoms with Gasteiger partial charge in [-0.2, -0.15) is 0 Å². The Morgan fingerprint density at radius 2 is 1.90 bits per heavy atom. The lowest BCUT2D eigenvalue weighted by molar-refractivity contribution is 0.101. The van der Waals surface area contributed by atoms with Gasteiger partial charge in [-0.1, -0.05) is 6.07 Å². The number of aryl methyl sites for hydroxylation is 2. The Balaban J connectivity index is 1.93. The Kier molecular flexibility index (Phi) is 3.26. The Bertz CT molecular complexity index is 677. The van der Waals surface area contributed by atoms with E-state index in [1.54, 1.807) is 0 Å². The van der Waals surface area contributed by atoms with Gasteiger partial charge in [0, 0.05) is 0 Å². The van der Waals surface area contributed by atoms with E-state index in [1.807, 2.05) is 12.1 Å². The van der Waals surface area contributed by atoms with Crippen molar-refractivity contribution in [2.45, 2.75) is 26.2 Å². The minimum absolute atomic E-state index is 0.208. The molecule has 2 nitrogen and oxygen atoms in total. The number of hydrogen-bond acceptors (Lipinski definition) is 2. The molecule has 0 unspecified atom stereocenters. The van der Waals surface area contributed by atoms with Gasteiger partial charge in [-0.05, 0) is 67.6 Å². The molecule has 20 heavy (non-hydrogen) atoms. The molecule has 2 aromatic carbocycles. The van der Waals surface area contributed by atoms with Gasteiger partial charge in [0.2, 0.25) is 0 Å². The van der Waals surface area contributed by atoms with Crippen LogP contribution in [0.1, 0.15) is 34.8 Å². The van der Waals surface area contributed by atoms with Crippen LogP contribution in [0.2, 0.25) is 0 Å². The van der Waals surface area contributed by atoms with E-state index < -0.39 is 5.82 Å². The highest BCUT2D eigenvalue weighted by atomic mass is 19.1. The van der Waals surface area contributed by atoms with Gasteiger partial charge < -0.3 is 4.74 Å². The monoisotopic (exact) mass is 270 g/mol. The fourth-order valence-corrected chi connectivity index (χ4v) is 2.60. The summed E-state index contributed by atoms with van der Waals surface area (Å²) in [6.45, 7) is 1.41. The van der Waals surface area contributed by atoms with Crippen molar-refractivity contribution in [3.63, 3.8) is 0 Å². The van der Waals surface area contributed by atoms with E-state index >= 15 is 0 Å². The standard InChI is InChI=1S/C17H15FO2/c1-11(19)16-10-14(18)6-8-17(16)20-15-7-5-12-3-2-4-13(12)9-15/h5-10H,2-4H2,1H3. The van der Waals surface area contributed by atoms with Crippen molar-refractivity contribution >= 4 is 5.78 Å². The Hall–Kier alpha value is -2.16. The zero-order valence-electron chi connectivity index (χ0n) is 11.3. The number of ether oxygens (including phenoxy) is 1. The average molecular weight is 270 g/mol. The van der Waals surface area contributed by atoms with Crippen molar-refractivity contribution in [1.29, 1.82) is 0 Å². The first-order valence-corrected chi connectivity index (χ1v) is 6.73. The van der Waals surface area contributed by atoms with Crippen LogP contribution in [0.4, 0.5) is 4.39 Å². The van der Waals surface area contributed by atoms with Gasteiger partial charge in [0.15, 0.2) is 5.78 Å². The van der Waals surface area contributed by atoms with Gasteiger partial charge in [-0.25, -0.2) is 4.39 Å². The molecule has 2 aromatic rings. The van der Waals surface area contributed by atoms with Crippen LogP contribution in [0.25, 0.3) is 0 Å². The van der Waals surface area contributed by atoms with Gasteiger partial charge >= 0.3 is 0 Å². The third-order valence-corrected chi connectivity index (χ3v) is 3.62. The molecule has 0 aromatic heterocycles. The van der Waals surface area contributed by atoms with Gasteiger partial charge in [-0.3, -0.25) is 4.79 Å². The second-order valence-electron chi connectivity index (χ2n) is 5.08. The molecule has 102 valence electrons. The van der Waals surface area contributed by atoms with Crippen molar-refractivity contribution in [3.05, 3.63) is 58.9 Å². The molecule has 0 radical (unpaired) electrons. The maximum absolute atomic E-state index is 13.2. The van der Waals surface area contributed by atoms with E-state index in [-0.39, 0.29) is 11.3 Å². The molecule has 0 heterocycles. The molecule has 0 bridgehead atoms. The van der Waals surface area contributed by atoms with Crippen LogP contribution in [0.5, 0.6) is 11.5 Å². The molecule has 0 spiro atoms. The number of hydrogen-bond donors (Lipinski definition) is 0. The van der Waals surface area contributed by atoms with Crippen LogP contribution in [0, 0.1) is 5.82 Å². The molecular weight excluding hydrogens is 255 g/mol. The van der Waals surface area contributed by atoms with Crippen molar-refractivity contribution in [1.82, 2.24) is 0 Å². The molecule has 0 saturated carbocycles. The molecule has 0 fully saturated rings. The summed E-state index contributed by atoms with van der Waals surface area (Å²) < 4.78 is 19.0. The predicted octanol–water partition coefficient (Wildman–Crippen LogP) is 4.31. The van der Waals surface area contributed by atoms with E-state index in [1.165, 1.54) is 42.7 Å². The fourth-order valence-electron chi connectivity index (χ4n) is 2.60. The number of halogens is 1. The minimum Gasteiger partial charge on any atom is -0.457 e. The molecule has 0 N–H and O–H groups in total. The summed E-state index contributed by atoms with van der Waals surface area (Å²) in [5.41, 5.74) is 2.93. The lowest BCUT2D eigenvalue weighted by Crippen LogP contribution is -1.98. The quantitative estimate of drug-likeness (QED) is 0.777. The second kappa shape index (κ2) is 5.08. The van der Waals surface area contributed by atoms with Gasteiger partial charge in [-0.15, -0.1) is 0 Å². The molecule has 1 aliphatic rings. The highest BCUT2D eigenvalue weighted by Crippen LogP contribution is 2.31. The molecule has 0 aliphatic heterocycles. The van der Waals surface area contributed by atoms with E-state index in [0.29, 0.717) is 11.5 Å². The van der Waals surface area contributed by atoms with Crippen LogP contribution in [0.15, 0.2) is 36.4 Å². The van der Waals surface area contributed by atoms with E-state index in [2.05, 4.69) is 6.07 Å². The van der Waals surface area contributed by atoms with Crippen molar-refractivity contribution in [2.24, 2.45) is 0 Å². The zero-order valence-corrected chi connectivity index (χ0v) is 11.3. The lowest BCUT2D eigenvalue weighted by Gasteiger charge is -2.10. The Morgan fingerprint density at radius 1 is 1.10 bits per heavy atom. The summed E-state index contributed by atoms with van der Waals surface area (Å²) in [5, 5.41) is 0. The predicted molar refractivity (Wildman–Crippen MR) is 74.9 cm³/mol. The van der Waals surface area contributed by atoms with Crippen LogP contribution in [-0.2, 0) is 12.8 Å². The van der Waals surface area contributed by atoms with E-state index in [9.17, 15) is 9.18 Å². The summed E-state index contributed by atoms with van der Waals surface area (Å²) in [7, 11) is 0. The third kappa shape index (κ3) is 2.44. The molecule has 1 aliphatic carbocycles. The van der Waals surface area contributed by atoms with Crippen LogP contribution in [-0.4, -0.2) is 5.78 Å². The summed E-state index contributed by atoms with van der Waals surface area (Å²) in [5.74, 6) is 0.453.